The van der Waals surface area contributed by atoms with Crippen LogP contribution in [0.25, 0.3) is 0 Å². The van der Waals surface area contributed by atoms with Crippen LogP contribution in [0, 0.1) is 6.92 Å². The minimum atomic E-state index is -0.225. The van der Waals surface area contributed by atoms with Gasteiger partial charge >= 0.3 is 6.03 Å². The molecule has 0 unspecified atom stereocenters. The van der Waals surface area contributed by atoms with E-state index in [1.54, 1.807) is 25.1 Å². The van der Waals surface area contributed by atoms with Crippen LogP contribution >= 0.6 is 0 Å². The van der Waals surface area contributed by atoms with E-state index in [9.17, 15) is 9.59 Å². The van der Waals surface area contributed by atoms with E-state index in [2.05, 4.69) is 4.98 Å². The van der Waals surface area contributed by atoms with Crippen LogP contribution in [0.3, 0.4) is 0 Å². The number of fused-ring (bicyclic) bond motifs is 2. The fraction of sp³-hybridized carbons (Fsp3) is 0.524. The van der Waals surface area contributed by atoms with Crippen molar-refractivity contribution in [3.05, 3.63) is 47.0 Å². The fourth-order valence-electron chi connectivity index (χ4n) is 4.57. The molecule has 3 amide bonds. The summed E-state index contributed by atoms with van der Waals surface area (Å²) in [6, 6.07) is 5.58. The van der Waals surface area contributed by atoms with Crippen molar-refractivity contribution in [1.82, 2.24) is 29.5 Å². The lowest BCUT2D eigenvalue weighted by atomic mass is 9.72. The first-order valence-corrected chi connectivity index (χ1v) is 10.0. The number of likely N-dealkylation sites (tertiary alicyclic amines) is 1. The number of hydrogen-bond donors (Lipinski definition) is 0. The van der Waals surface area contributed by atoms with Crippen molar-refractivity contribution in [1.29, 1.82) is 0 Å². The van der Waals surface area contributed by atoms with Crippen molar-refractivity contribution < 1.29 is 9.59 Å². The number of rotatable bonds is 1. The summed E-state index contributed by atoms with van der Waals surface area (Å²) in [7, 11) is 5.48. The summed E-state index contributed by atoms with van der Waals surface area (Å²) in [6.07, 6.45) is 3.60. The summed E-state index contributed by atoms with van der Waals surface area (Å²) < 4.78 is 1.84. The minimum absolute atomic E-state index is 0.0359. The molecule has 8 heteroatoms. The van der Waals surface area contributed by atoms with Crippen LogP contribution in [-0.4, -0.2) is 75.1 Å². The molecule has 8 nitrogen and oxygen atoms in total. The quantitative estimate of drug-likeness (QED) is 0.737. The highest BCUT2D eigenvalue weighted by Crippen LogP contribution is 2.41. The van der Waals surface area contributed by atoms with E-state index in [1.165, 1.54) is 0 Å². The molecule has 1 fully saturated rings. The number of urea groups is 1. The van der Waals surface area contributed by atoms with Gasteiger partial charge in [-0.25, -0.2) is 9.78 Å². The molecule has 2 aliphatic rings. The molecule has 0 atom stereocenters. The van der Waals surface area contributed by atoms with Crippen LogP contribution in [-0.2, 0) is 19.0 Å². The highest BCUT2D eigenvalue weighted by Gasteiger charge is 2.46. The van der Waals surface area contributed by atoms with Gasteiger partial charge in [-0.15, -0.1) is 0 Å². The Morgan fingerprint density at radius 2 is 1.86 bits per heavy atom. The van der Waals surface area contributed by atoms with Gasteiger partial charge in [0, 0.05) is 70.2 Å². The van der Waals surface area contributed by atoms with Crippen molar-refractivity contribution in [2.75, 3.05) is 33.7 Å². The summed E-state index contributed by atoms with van der Waals surface area (Å²) in [6.45, 7) is 4.37. The van der Waals surface area contributed by atoms with Gasteiger partial charge in [0.15, 0.2) is 0 Å². The molecule has 2 aromatic heterocycles. The Balaban J connectivity index is 1.62. The molecule has 0 aliphatic carbocycles. The molecule has 0 N–H and O–H groups in total. The van der Waals surface area contributed by atoms with Gasteiger partial charge < -0.3 is 14.7 Å². The van der Waals surface area contributed by atoms with Crippen LogP contribution in [0.4, 0.5) is 4.79 Å². The summed E-state index contributed by atoms with van der Waals surface area (Å²) in [5.41, 5.74) is 3.26. The number of piperidine rings is 1. The predicted molar refractivity (Wildman–Crippen MR) is 108 cm³/mol. The normalized spacial score (nSPS) is 17.9. The predicted octanol–water partition coefficient (Wildman–Crippen LogP) is 1.79. The van der Waals surface area contributed by atoms with Crippen LogP contribution in [0.15, 0.2) is 24.4 Å². The monoisotopic (exact) mass is 396 g/mol. The van der Waals surface area contributed by atoms with Crippen molar-refractivity contribution in [2.24, 2.45) is 7.05 Å². The van der Waals surface area contributed by atoms with E-state index in [1.807, 2.05) is 46.8 Å². The molecule has 2 aliphatic heterocycles. The second-order valence-corrected chi connectivity index (χ2v) is 8.45. The van der Waals surface area contributed by atoms with Crippen LogP contribution in [0.5, 0.6) is 0 Å². The van der Waals surface area contributed by atoms with E-state index < -0.39 is 0 Å². The zero-order valence-corrected chi connectivity index (χ0v) is 17.6. The van der Waals surface area contributed by atoms with Crippen molar-refractivity contribution >= 4 is 11.9 Å². The minimum Gasteiger partial charge on any atom is -0.332 e. The zero-order valence-electron chi connectivity index (χ0n) is 17.6. The lowest BCUT2D eigenvalue weighted by Crippen LogP contribution is -2.55. The van der Waals surface area contributed by atoms with Gasteiger partial charge in [0.05, 0.1) is 5.69 Å². The molecule has 4 heterocycles. The maximum Gasteiger partial charge on any atom is 0.319 e. The van der Waals surface area contributed by atoms with Crippen molar-refractivity contribution in [2.45, 2.75) is 31.7 Å². The van der Waals surface area contributed by atoms with Crippen molar-refractivity contribution in [3.63, 3.8) is 0 Å². The third-order valence-corrected chi connectivity index (χ3v) is 6.03. The number of hydrogen-bond acceptors (Lipinski definition) is 4. The second kappa shape index (κ2) is 7.17. The van der Waals surface area contributed by atoms with Crippen LogP contribution in [0.1, 0.15) is 40.3 Å². The SMILES string of the molecule is Cc1cccc(C(=O)N2Cc3cn(C)nc3C3(CCN(C(=O)N(C)C)CC3)C2)n1. The maximum atomic E-state index is 13.2. The van der Waals surface area contributed by atoms with E-state index in [4.69, 9.17) is 5.10 Å². The average molecular weight is 396 g/mol. The molecule has 4 rings (SSSR count). The van der Waals surface area contributed by atoms with E-state index in [0.29, 0.717) is 31.9 Å². The molecule has 0 bridgehead atoms. The zero-order chi connectivity index (χ0) is 20.8. The maximum absolute atomic E-state index is 13.2. The summed E-state index contributed by atoms with van der Waals surface area (Å²) in [4.78, 5) is 35.4. The molecule has 1 saturated heterocycles. The largest absolute Gasteiger partial charge is 0.332 e. The lowest BCUT2D eigenvalue weighted by molar-refractivity contribution is 0.0578. The molecule has 0 radical (unpaired) electrons. The summed E-state index contributed by atoms with van der Waals surface area (Å²) in [5, 5.41) is 4.76. The molecular formula is C21H28N6O2. The Morgan fingerprint density at radius 3 is 2.52 bits per heavy atom. The van der Waals surface area contributed by atoms with Gasteiger partial charge in [-0.05, 0) is 31.9 Å². The Labute approximate surface area is 171 Å². The Hall–Kier alpha value is -2.90. The van der Waals surface area contributed by atoms with Gasteiger partial charge in [-0.3, -0.25) is 9.48 Å². The first kappa shape index (κ1) is 19.4. The van der Waals surface area contributed by atoms with E-state index >= 15 is 0 Å². The number of pyridine rings is 1. The Kier molecular flexibility index (Phi) is 4.80. The van der Waals surface area contributed by atoms with Gasteiger partial charge in [0.25, 0.3) is 5.91 Å². The Morgan fingerprint density at radius 1 is 1.14 bits per heavy atom. The van der Waals surface area contributed by atoms with Gasteiger partial charge in [0.1, 0.15) is 5.69 Å². The summed E-state index contributed by atoms with van der Waals surface area (Å²) in [5.74, 6) is -0.0469. The molecule has 2 aromatic rings. The lowest BCUT2D eigenvalue weighted by Gasteiger charge is -2.46. The van der Waals surface area contributed by atoms with E-state index in [-0.39, 0.29) is 17.4 Å². The molecule has 1 spiro atoms. The topological polar surface area (TPSA) is 74.6 Å². The summed E-state index contributed by atoms with van der Waals surface area (Å²) >= 11 is 0. The number of aryl methyl sites for hydroxylation is 2. The number of aromatic nitrogens is 3. The highest BCUT2D eigenvalue weighted by molar-refractivity contribution is 5.92. The standard InChI is InChI=1S/C21H28N6O2/c1-15-6-5-7-17(22-15)19(28)27-13-16-12-25(4)23-18(16)21(14-27)8-10-26(11-9-21)20(29)24(2)3/h5-7,12H,8-11,13-14H2,1-4H3. The van der Waals surface area contributed by atoms with Gasteiger partial charge in [-0.2, -0.15) is 5.10 Å². The number of carbonyl (C=O) groups is 2. The third kappa shape index (κ3) is 3.47. The fourth-order valence-corrected chi connectivity index (χ4v) is 4.57. The highest BCUT2D eigenvalue weighted by atomic mass is 16.2. The molecular weight excluding hydrogens is 368 g/mol. The van der Waals surface area contributed by atoms with Crippen LogP contribution < -0.4 is 0 Å². The molecule has 154 valence electrons. The Bertz CT molecular complexity index is 942. The third-order valence-electron chi connectivity index (χ3n) is 6.03. The van der Waals surface area contributed by atoms with E-state index in [0.717, 1.165) is 29.8 Å². The molecule has 0 aromatic carbocycles. The molecule has 29 heavy (non-hydrogen) atoms. The average Bonchev–Trinajstić information content (AvgIpc) is 3.08. The number of nitrogens with zero attached hydrogens (tertiary/aromatic N) is 6. The molecule has 0 saturated carbocycles. The van der Waals surface area contributed by atoms with Gasteiger partial charge in [0.2, 0.25) is 0 Å². The number of carbonyl (C=O) groups excluding carboxylic acids is 2. The first-order valence-electron chi connectivity index (χ1n) is 10.0. The first-order chi connectivity index (χ1) is 13.8. The number of amides is 3. The van der Waals surface area contributed by atoms with Gasteiger partial charge in [-0.1, -0.05) is 6.07 Å². The van der Waals surface area contributed by atoms with Crippen molar-refractivity contribution in [3.8, 4) is 0 Å². The van der Waals surface area contributed by atoms with Crippen LogP contribution in [0.2, 0.25) is 0 Å². The second-order valence-electron chi connectivity index (χ2n) is 8.45. The smallest absolute Gasteiger partial charge is 0.319 e.